The van der Waals surface area contributed by atoms with Crippen LogP contribution in [-0.4, -0.2) is 8.92 Å². The van der Waals surface area contributed by atoms with Crippen LogP contribution in [0, 0.1) is 25.3 Å². The van der Waals surface area contributed by atoms with Crippen molar-refractivity contribution in [2.24, 2.45) is 5.41 Å². The summed E-state index contributed by atoms with van der Waals surface area (Å²) in [6.45, 7) is 10.6. The summed E-state index contributed by atoms with van der Waals surface area (Å²) in [7, 11) is 0. The van der Waals surface area contributed by atoms with Gasteiger partial charge in [0.25, 0.3) is 0 Å². The summed E-state index contributed by atoms with van der Waals surface area (Å²) in [6, 6.07) is 26.5. The number of aryl methyl sites for hydroxylation is 2. The van der Waals surface area contributed by atoms with E-state index in [4.69, 9.17) is 5.11 Å². The molecule has 0 spiro atoms. The summed E-state index contributed by atoms with van der Waals surface area (Å²) in [5, 5.41) is 8.99. The van der Waals surface area contributed by atoms with Crippen molar-refractivity contribution in [3.05, 3.63) is 125 Å². The zero-order chi connectivity index (χ0) is 23.6. The van der Waals surface area contributed by atoms with Crippen LogP contribution in [0.5, 0.6) is 5.75 Å². The molecule has 4 rings (SSSR count). The van der Waals surface area contributed by atoms with E-state index < -0.39 is 0 Å². The molecule has 3 aromatic carbocycles. The zero-order valence-corrected chi connectivity index (χ0v) is 21.4. The van der Waals surface area contributed by atoms with Gasteiger partial charge in [0.1, 0.15) is 5.75 Å². The molecular weight excluding hydrogens is 424 g/mol. The second-order valence-corrected chi connectivity index (χ2v) is 9.68. The quantitative estimate of drug-likeness (QED) is 0.311. The number of allylic oxidation sites excluding steroid dienone is 4. The van der Waals surface area contributed by atoms with Crippen LogP contribution in [0.3, 0.4) is 0 Å². The first-order valence-corrected chi connectivity index (χ1v) is 11.7. The maximum absolute atomic E-state index is 8.99. The fraction of sp³-hybridized carbons (Fsp3) is 0.233. The molecular formula is C30H33OTi. The summed E-state index contributed by atoms with van der Waals surface area (Å²) in [5.41, 5.74) is 6.44. The van der Waals surface area contributed by atoms with Crippen molar-refractivity contribution in [1.82, 2.24) is 0 Å². The number of aromatic hydroxyl groups is 1. The van der Waals surface area contributed by atoms with E-state index in [0.717, 1.165) is 17.5 Å². The van der Waals surface area contributed by atoms with E-state index in [1.165, 1.54) is 20.5 Å². The molecule has 0 saturated heterocycles. The van der Waals surface area contributed by atoms with E-state index in [-0.39, 0.29) is 0 Å². The standard InChI is InChI=1S/C13H10.C9H13.C8H10O.Ti/c1-3-7-12(8-4-1)11-13-9-5-2-6-10-13;1-9(2,3)8-6-4-5-7-8;1-6-3-7(2)5-8(9)4-6;/h1-10H;4,6H,5H2,1-3H3;3-5,9H,1-2H3;/q;-1;;+1. The fourth-order valence-electron chi connectivity index (χ4n) is 3.25. The van der Waals surface area contributed by atoms with Crippen LogP contribution in [0.4, 0.5) is 0 Å². The number of hydrogen-bond acceptors (Lipinski definition) is 1. The summed E-state index contributed by atoms with van der Waals surface area (Å²) in [5.74, 6) is 0.354. The molecule has 0 heterocycles. The third kappa shape index (κ3) is 8.95. The molecule has 1 N–H and O–H groups in total. The Kier molecular flexibility index (Phi) is 10.1. The molecule has 0 aromatic heterocycles. The van der Waals surface area contributed by atoms with E-state index in [1.807, 2.05) is 32.0 Å². The Morgan fingerprint density at radius 1 is 0.812 bits per heavy atom. The monoisotopic (exact) mass is 457 g/mol. The van der Waals surface area contributed by atoms with Gasteiger partial charge in [-0.25, -0.2) is 11.6 Å². The molecule has 0 amide bonds. The SMILES string of the molecule is CC(C)(C)C1=[C-]CC=C1.Cc1cc(C)cc(O)c1.[Ti+]=[C](c1ccccc1)c1ccccc1. The van der Waals surface area contributed by atoms with Gasteiger partial charge in [0.15, 0.2) is 0 Å². The number of benzene rings is 3. The van der Waals surface area contributed by atoms with Gasteiger partial charge in [0.2, 0.25) is 0 Å². The molecule has 0 aliphatic heterocycles. The molecule has 1 aliphatic rings. The number of phenols is 1. The summed E-state index contributed by atoms with van der Waals surface area (Å²) in [6.07, 6.45) is 8.63. The average Bonchev–Trinajstić information content (AvgIpc) is 3.30. The molecule has 0 fully saturated rings. The van der Waals surface area contributed by atoms with Crippen molar-refractivity contribution in [1.29, 1.82) is 0 Å². The van der Waals surface area contributed by atoms with Gasteiger partial charge in [0, 0.05) is 0 Å². The van der Waals surface area contributed by atoms with Crippen molar-refractivity contribution >= 4 is 3.81 Å². The van der Waals surface area contributed by atoms with Crippen molar-refractivity contribution in [3.8, 4) is 5.75 Å². The minimum absolute atomic E-state index is 0.299. The van der Waals surface area contributed by atoms with Gasteiger partial charge in [0.05, 0.1) is 0 Å². The molecule has 0 bridgehead atoms. The number of rotatable bonds is 2. The molecule has 0 radical (unpaired) electrons. The summed E-state index contributed by atoms with van der Waals surface area (Å²) < 4.78 is 1.33. The van der Waals surface area contributed by atoms with Crippen LogP contribution < -0.4 is 0 Å². The van der Waals surface area contributed by atoms with E-state index in [0.29, 0.717) is 11.2 Å². The predicted octanol–water partition coefficient (Wildman–Crippen LogP) is 7.53. The Labute approximate surface area is 205 Å². The van der Waals surface area contributed by atoms with Gasteiger partial charge in [-0.2, -0.15) is 6.08 Å². The van der Waals surface area contributed by atoms with Crippen molar-refractivity contribution in [2.45, 2.75) is 41.0 Å². The molecule has 0 atom stereocenters. The van der Waals surface area contributed by atoms with E-state index >= 15 is 0 Å². The van der Waals surface area contributed by atoms with Crippen molar-refractivity contribution < 1.29 is 25.1 Å². The molecule has 163 valence electrons. The van der Waals surface area contributed by atoms with Gasteiger partial charge in [-0.1, -0.05) is 26.8 Å². The minimum atomic E-state index is 0.299. The summed E-state index contributed by atoms with van der Waals surface area (Å²) in [4.78, 5) is 0. The van der Waals surface area contributed by atoms with Gasteiger partial charge in [-0.15, -0.1) is 6.42 Å². The first-order chi connectivity index (χ1) is 15.2. The van der Waals surface area contributed by atoms with E-state index in [2.05, 4.69) is 108 Å². The molecule has 32 heavy (non-hydrogen) atoms. The third-order valence-electron chi connectivity index (χ3n) is 4.83. The Bertz CT molecular complexity index is 963. The Balaban J connectivity index is 0.000000178. The second kappa shape index (κ2) is 12.5. The average molecular weight is 457 g/mol. The number of phenolic OH excluding ortho intramolecular Hbond substituents is 1. The van der Waals surface area contributed by atoms with Crippen molar-refractivity contribution in [3.63, 3.8) is 0 Å². The second-order valence-electron chi connectivity index (χ2n) is 8.90. The molecule has 2 heteroatoms. The summed E-state index contributed by atoms with van der Waals surface area (Å²) >= 11 is 2.16. The van der Waals surface area contributed by atoms with Gasteiger partial charge in [-0.3, -0.25) is 6.08 Å². The molecule has 1 aliphatic carbocycles. The Morgan fingerprint density at radius 2 is 1.28 bits per heavy atom. The van der Waals surface area contributed by atoms with E-state index in [9.17, 15) is 0 Å². The maximum atomic E-state index is 8.99. The van der Waals surface area contributed by atoms with Crippen LogP contribution in [0.2, 0.25) is 0 Å². The fourth-order valence-corrected chi connectivity index (χ4v) is 3.77. The van der Waals surface area contributed by atoms with Crippen LogP contribution in [0.1, 0.15) is 49.4 Å². The Morgan fingerprint density at radius 3 is 1.59 bits per heavy atom. The van der Waals surface area contributed by atoms with Gasteiger partial charge in [-0.05, 0) is 42.5 Å². The molecule has 0 unspecified atom stereocenters. The molecule has 1 nitrogen and oxygen atoms in total. The van der Waals surface area contributed by atoms with Crippen LogP contribution in [0.25, 0.3) is 0 Å². The van der Waals surface area contributed by atoms with Gasteiger partial charge >= 0.3 is 95.6 Å². The molecule has 0 saturated carbocycles. The predicted molar refractivity (Wildman–Crippen MR) is 134 cm³/mol. The van der Waals surface area contributed by atoms with Crippen LogP contribution >= 0.6 is 0 Å². The Hall–Kier alpha value is -2.48. The van der Waals surface area contributed by atoms with Crippen LogP contribution in [-0.2, 0) is 20.0 Å². The first-order valence-electron chi connectivity index (χ1n) is 10.9. The molecule has 3 aromatic rings. The van der Waals surface area contributed by atoms with Crippen molar-refractivity contribution in [2.75, 3.05) is 0 Å². The topological polar surface area (TPSA) is 20.2 Å². The van der Waals surface area contributed by atoms with E-state index in [1.54, 1.807) is 12.1 Å². The third-order valence-corrected chi connectivity index (χ3v) is 5.74. The first kappa shape index (κ1) is 25.8. The normalized spacial score (nSPS) is 12.2. The zero-order valence-electron chi connectivity index (χ0n) is 19.8. The van der Waals surface area contributed by atoms with Crippen LogP contribution in [0.15, 0.2) is 96.6 Å². The van der Waals surface area contributed by atoms with Gasteiger partial charge < -0.3 is 5.11 Å². The number of hydrogen-bond donors (Lipinski definition) is 1.